The monoisotopic (exact) mass is 288 g/mol. The molecule has 21 heavy (non-hydrogen) atoms. The maximum Gasteiger partial charge on any atom is 0.276 e. The number of carbonyl (C=O) groups excluding carboxylic acids is 1. The van der Waals surface area contributed by atoms with Gasteiger partial charge in [-0.05, 0) is 25.0 Å². The van der Waals surface area contributed by atoms with Gasteiger partial charge in [-0.2, -0.15) is 0 Å². The highest BCUT2D eigenvalue weighted by Gasteiger charge is 2.20. The van der Waals surface area contributed by atoms with Crippen LogP contribution in [0.5, 0.6) is 0 Å². The molecule has 1 aromatic rings. The Labute approximate surface area is 124 Å². The number of amides is 1. The lowest BCUT2D eigenvalue weighted by Gasteiger charge is -2.30. The molecule has 1 fully saturated rings. The van der Waals surface area contributed by atoms with E-state index in [0.29, 0.717) is 11.6 Å². The molecule has 0 aromatic heterocycles. The fraction of sp³-hybridized carbons (Fsp3) is 0.438. The standard InChI is InChI=1S/C16H20N2O3/c1-17(14-8-3-2-4-9-14)16(19)12-11-13-7-5-6-10-15(13)18(20)21/h5-7,10-12,14H,2-4,8-9H2,1H3/b12-11+. The predicted molar refractivity (Wildman–Crippen MR) is 81.8 cm³/mol. The van der Waals surface area contributed by atoms with Crippen molar-refractivity contribution in [1.82, 2.24) is 4.90 Å². The largest absolute Gasteiger partial charge is 0.339 e. The maximum atomic E-state index is 12.2. The summed E-state index contributed by atoms with van der Waals surface area (Å²) in [6.45, 7) is 0. The molecule has 5 nitrogen and oxygen atoms in total. The zero-order valence-electron chi connectivity index (χ0n) is 12.2. The van der Waals surface area contributed by atoms with Crippen molar-refractivity contribution in [1.29, 1.82) is 0 Å². The Kier molecular flexibility index (Phi) is 5.09. The van der Waals surface area contributed by atoms with Crippen LogP contribution in [0, 0.1) is 10.1 Å². The molecule has 1 saturated carbocycles. The Bertz CT molecular complexity index is 548. The Morgan fingerprint density at radius 3 is 2.62 bits per heavy atom. The first-order valence-electron chi connectivity index (χ1n) is 7.28. The summed E-state index contributed by atoms with van der Waals surface area (Å²) >= 11 is 0. The molecule has 1 aliphatic rings. The van der Waals surface area contributed by atoms with E-state index in [0.717, 1.165) is 25.7 Å². The van der Waals surface area contributed by atoms with Crippen molar-refractivity contribution in [3.63, 3.8) is 0 Å². The van der Waals surface area contributed by atoms with E-state index in [4.69, 9.17) is 0 Å². The summed E-state index contributed by atoms with van der Waals surface area (Å²) in [4.78, 5) is 24.4. The van der Waals surface area contributed by atoms with Crippen molar-refractivity contribution in [3.8, 4) is 0 Å². The molecule has 112 valence electrons. The van der Waals surface area contributed by atoms with Crippen LogP contribution in [-0.4, -0.2) is 28.8 Å². The fourth-order valence-electron chi connectivity index (χ4n) is 2.72. The molecule has 0 bridgehead atoms. The molecule has 1 amide bonds. The predicted octanol–water partition coefficient (Wildman–Crippen LogP) is 3.40. The Hall–Kier alpha value is -2.17. The van der Waals surface area contributed by atoms with Crippen molar-refractivity contribution < 1.29 is 9.72 Å². The quantitative estimate of drug-likeness (QED) is 0.484. The lowest BCUT2D eigenvalue weighted by atomic mass is 9.94. The number of nitro benzene ring substituents is 1. The molecule has 0 heterocycles. The van der Waals surface area contributed by atoms with Crippen LogP contribution in [0.3, 0.4) is 0 Å². The summed E-state index contributed by atoms with van der Waals surface area (Å²) in [5.41, 5.74) is 0.467. The number of para-hydroxylation sites is 1. The molecule has 1 aromatic carbocycles. The first-order chi connectivity index (χ1) is 10.1. The molecule has 0 spiro atoms. The van der Waals surface area contributed by atoms with E-state index in [9.17, 15) is 14.9 Å². The second-order valence-electron chi connectivity index (χ2n) is 5.39. The van der Waals surface area contributed by atoms with E-state index >= 15 is 0 Å². The Morgan fingerprint density at radius 2 is 1.95 bits per heavy atom. The maximum absolute atomic E-state index is 12.2. The molecule has 2 rings (SSSR count). The molecule has 0 N–H and O–H groups in total. The smallest absolute Gasteiger partial charge is 0.276 e. The zero-order chi connectivity index (χ0) is 15.2. The Morgan fingerprint density at radius 1 is 1.29 bits per heavy atom. The molecule has 0 aliphatic heterocycles. The number of nitrogens with zero attached hydrogens (tertiary/aromatic N) is 2. The number of rotatable bonds is 4. The number of benzene rings is 1. The molecular weight excluding hydrogens is 268 g/mol. The van der Waals surface area contributed by atoms with Crippen molar-refractivity contribution in [2.75, 3.05) is 7.05 Å². The van der Waals surface area contributed by atoms with Gasteiger partial charge in [-0.3, -0.25) is 14.9 Å². The molecule has 0 saturated heterocycles. The van der Waals surface area contributed by atoms with E-state index in [1.807, 2.05) is 7.05 Å². The van der Waals surface area contributed by atoms with E-state index in [1.165, 1.54) is 24.6 Å². The van der Waals surface area contributed by atoms with Gasteiger partial charge in [0.05, 0.1) is 10.5 Å². The highest BCUT2D eigenvalue weighted by molar-refractivity contribution is 5.92. The number of nitro groups is 1. The summed E-state index contributed by atoms with van der Waals surface area (Å²) < 4.78 is 0. The van der Waals surface area contributed by atoms with E-state index in [2.05, 4.69) is 0 Å². The first-order valence-corrected chi connectivity index (χ1v) is 7.28. The molecule has 0 unspecified atom stereocenters. The second kappa shape index (κ2) is 7.02. The number of hydrogen-bond acceptors (Lipinski definition) is 3. The third-order valence-corrected chi connectivity index (χ3v) is 4.01. The number of carbonyl (C=O) groups is 1. The summed E-state index contributed by atoms with van der Waals surface area (Å²) in [6, 6.07) is 6.71. The van der Waals surface area contributed by atoms with Crippen molar-refractivity contribution in [3.05, 3.63) is 46.0 Å². The van der Waals surface area contributed by atoms with Gasteiger partial charge in [0.2, 0.25) is 5.91 Å². The summed E-state index contributed by atoms with van der Waals surface area (Å²) in [5.74, 6) is -0.0972. The van der Waals surface area contributed by atoms with E-state index < -0.39 is 4.92 Å². The van der Waals surface area contributed by atoms with E-state index in [1.54, 1.807) is 23.1 Å². The first kappa shape index (κ1) is 15.2. The van der Waals surface area contributed by atoms with Gasteiger partial charge in [-0.1, -0.05) is 31.4 Å². The number of hydrogen-bond donors (Lipinski definition) is 0. The number of likely N-dealkylation sites (N-methyl/N-ethyl adjacent to an activating group) is 1. The van der Waals surface area contributed by atoms with Crippen LogP contribution >= 0.6 is 0 Å². The highest BCUT2D eigenvalue weighted by atomic mass is 16.6. The van der Waals surface area contributed by atoms with Gasteiger partial charge in [0.1, 0.15) is 0 Å². The third-order valence-electron chi connectivity index (χ3n) is 4.01. The van der Waals surface area contributed by atoms with Gasteiger partial charge >= 0.3 is 0 Å². The molecule has 1 aliphatic carbocycles. The van der Waals surface area contributed by atoms with Crippen molar-refractivity contribution in [2.24, 2.45) is 0 Å². The van der Waals surface area contributed by atoms with Gasteiger partial charge < -0.3 is 4.90 Å². The van der Waals surface area contributed by atoms with E-state index in [-0.39, 0.29) is 11.6 Å². The zero-order valence-corrected chi connectivity index (χ0v) is 12.2. The highest BCUT2D eigenvalue weighted by Crippen LogP contribution is 2.22. The summed E-state index contributed by atoms with van der Waals surface area (Å²) in [5, 5.41) is 10.9. The van der Waals surface area contributed by atoms with Crippen LogP contribution < -0.4 is 0 Å². The fourth-order valence-corrected chi connectivity index (χ4v) is 2.72. The minimum Gasteiger partial charge on any atom is -0.339 e. The lowest BCUT2D eigenvalue weighted by Crippen LogP contribution is -2.37. The van der Waals surface area contributed by atoms with Crippen molar-refractivity contribution in [2.45, 2.75) is 38.1 Å². The Balaban J connectivity index is 2.06. The van der Waals surface area contributed by atoms with Gasteiger partial charge in [-0.25, -0.2) is 0 Å². The average molecular weight is 288 g/mol. The van der Waals surface area contributed by atoms with Crippen LogP contribution in [-0.2, 0) is 4.79 Å². The molecule has 5 heteroatoms. The molecule has 0 atom stereocenters. The van der Waals surface area contributed by atoms with Crippen LogP contribution in [0.15, 0.2) is 30.3 Å². The SMILES string of the molecule is CN(C(=O)/C=C/c1ccccc1[N+](=O)[O-])C1CCCCC1. The van der Waals surface area contributed by atoms with Crippen LogP contribution in [0.1, 0.15) is 37.7 Å². The van der Waals surface area contributed by atoms with Gasteiger partial charge in [0.25, 0.3) is 5.69 Å². The normalized spacial score (nSPS) is 16.0. The second-order valence-corrected chi connectivity index (χ2v) is 5.39. The van der Waals surface area contributed by atoms with Crippen LogP contribution in [0.4, 0.5) is 5.69 Å². The minimum atomic E-state index is -0.436. The van der Waals surface area contributed by atoms with Crippen molar-refractivity contribution >= 4 is 17.7 Å². The summed E-state index contributed by atoms with van der Waals surface area (Å²) in [6.07, 6.45) is 8.61. The topological polar surface area (TPSA) is 63.5 Å². The van der Waals surface area contributed by atoms with Gasteiger partial charge in [-0.15, -0.1) is 0 Å². The van der Waals surface area contributed by atoms with Gasteiger partial charge in [0, 0.05) is 25.2 Å². The molecular formula is C16H20N2O3. The molecule has 0 radical (unpaired) electrons. The average Bonchev–Trinajstić information content (AvgIpc) is 2.52. The van der Waals surface area contributed by atoms with Crippen LogP contribution in [0.25, 0.3) is 6.08 Å². The minimum absolute atomic E-state index is 0.0156. The van der Waals surface area contributed by atoms with Gasteiger partial charge in [0.15, 0.2) is 0 Å². The van der Waals surface area contributed by atoms with Crippen LogP contribution in [0.2, 0.25) is 0 Å². The summed E-state index contributed by atoms with van der Waals surface area (Å²) in [7, 11) is 1.81. The third kappa shape index (κ3) is 3.90. The lowest BCUT2D eigenvalue weighted by molar-refractivity contribution is -0.385.